The Morgan fingerprint density at radius 3 is 0.827 bits per heavy atom. The van der Waals surface area contributed by atoms with E-state index in [0.29, 0.717) is 45.3 Å². The standard InChI is InChI=1S/C29H29N2O.C28H27N2O.C27H27N2O.C26H25N2O.C25H23N2O/c1-18-13-14-24-27-26(25-17-21(15-16-31(25)3)20-9-5-4-6-10-20)19(2)22-11-7-8-12-23(22)28(27)32-29(24)30-18;1-17-12-13-23-26-25(24-16-20(14-15-30(24)3)19-8-4-5-9-19)18(2)21-10-6-7-11-22(21)27(26)31-28(23)29-17;1-16(2)14-19-12-13-29(5)23(15-19)24-18(4)20-8-6-7-9-21(20)26-25(24)22-11-10-17(3)28-27(22)30-26;1-15(2)18-12-13-28(5)22(14-18)23-17(4)19-8-6-7-9-20(19)25-24(23)21-11-10-16(3)27-26(21)29-25;1-5-17-12-13-27(4)21(14-17)22-16(3)18-8-6-7-9-19(18)24-23(22)20-11-10-15(2)26-25(20)28-24/h7-8,11-17,20H,4-6,9-10H2,1-3H3;6-7,10-16,19H,4-5,8-9H2,1-3H3;6-13,15-16H,14H2,1-5H3;6-15H,1-5H3;6-14H,5H2,1-4H3/q5*+1/i20D;19D;14D2;1D3,15D;5D2. The van der Waals surface area contributed by atoms with E-state index in [1.165, 1.54) is 46.4 Å². The molecule has 15 aromatic heterocycles. The molecule has 0 radical (unpaired) electrons. The molecule has 0 amide bonds. The van der Waals surface area contributed by atoms with Crippen molar-refractivity contribution in [2.75, 3.05) is 0 Å². The number of rotatable bonds is 11. The van der Waals surface area contributed by atoms with Gasteiger partial charge in [0.1, 0.15) is 63.2 Å². The lowest BCUT2D eigenvalue weighted by atomic mass is 9.83. The lowest BCUT2D eigenvalue weighted by Crippen LogP contribution is -2.31. The Hall–Kier alpha value is -16.0. The Morgan fingerprint density at radius 2 is 0.547 bits per heavy atom. The summed E-state index contributed by atoms with van der Waals surface area (Å²) in [6.07, 6.45) is 16.6. The Balaban J connectivity index is 0.000000108. The van der Waals surface area contributed by atoms with Crippen LogP contribution in [0.3, 0.4) is 0 Å². The Bertz CT molecular complexity index is 10100. The number of fused-ring (bicyclic) bond motifs is 25. The second kappa shape index (κ2) is 39.6. The summed E-state index contributed by atoms with van der Waals surface area (Å²) in [5, 5.41) is 21.3. The van der Waals surface area contributed by atoms with Crippen LogP contribution in [0.4, 0.5) is 0 Å². The SMILES string of the molecule is [2H]C([2H])(C)c1cc[n+](C)c(-c2c(C)c3ccccc3c3oc4nc(C)ccc4c23)c1.[2H]C([2H])([2H])C([2H])(C)c1cc[n+](C)c(-c2c(C)c3ccccc3c3oc4nc(C)ccc4c23)c1.[2H]C([2H])(c1cc[n+](C)c(-c2c(C)c3ccccc3c3oc4nc(C)ccc4c23)c1)C(C)C.[2H]C1(c2cc[n+](C)c(-c3c(C)c4ccccc4c4oc5nc(C)ccc5c34)c2)CCCC1.[2H]C1(c2cc[n+](C)c(-c3c(C)c4ccccc4c4oc5nc(C)ccc5c34)c2)CCCCC1. The highest BCUT2D eigenvalue weighted by atomic mass is 16.4. The molecule has 27 rings (SSSR count). The van der Waals surface area contributed by atoms with E-state index in [4.69, 9.17) is 44.4 Å². The molecule has 0 spiro atoms. The number of benzene rings is 10. The van der Waals surface area contributed by atoms with Crippen LogP contribution in [-0.4, -0.2) is 24.9 Å². The molecule has 1 atom stereocenters. The van der Waals surface area contributed by atoms with Gasteiger partial charge in [-0.2, -0.15) is 0 Å². The van der Waals surface area contributed by atoms with Crippen molar-refractivity contribution >= 4 is 164 Å². The highest BCUT2D eigenvalue weighted by Gasteiger charge is 2.34. The molecule has 2 aliphatic carbocycles. The van der Waals surface area contributed by atoms with Crippen LogP contribution in [-0.2, 0) is 48.0 Å². The van der Waals surface area contributed by atoms with E-state index in [2.05, 4.69) is 235 Å². The molecule has 15 heterocycles. The smallest absolute Gasteiger partial charge is 0.227 e. The van der Waals surface area contributed by atoms with E-state index in [-0.39, 0.29) is 5.92 Å². The lowest BCUT2D eigenvalue weighted by Gasteiger charge is -2.22. The van der Waals surface area contributed by atoms with Gasteiger partial charge >= 0.3 is 0 Å². The summed E-state index contributed by atoms with van der Waals surface area (Å²) < 4.78 is 127. The summed E-state index contributed by atoms with van der Waals surface area (Å²) in [4.78, 5) is 23.3. The third-order valence-corrected chi connectivity index (χ3v) is 31.2. The first-order valence-electron chi connectivity index (χ1n) is 57.5. The average molecular weight is 1980 g/mol. The summed E-state index contributed by atoms with van der Waals surface area (Å²) >= 11 is 0. The number of hydrogen-bond donors (Lipinski definition) is 0. The predicted octanol–water partition coefficient (Wildman–Crippen LogP) is 32.8. The van der Waals surface area contributed by atoms with E-state index < -0.39 is 37.3 Å². The van der Waals surface area contributed by atoms with Gasteiger partial charge in [0.15, 0.2) is 31.0 Å². The summed E-state index contributed by atoms with van der Waals surface area (Å²) in [7, 11) is 10.1. The maximum absolute atomic E-state index is 9.23. The van der Waals surface area contributed by atoms with Crippen molar-refractivity contribution in [2.45, 2.75) is 192 Å². The van der Waals surface area contributed by atoms with Crippen molar-refractivity contribution in [3.8, 4) is 56.3 Å². The van der Waals surface area contributed by atoms with Gasteiger partial charge in [0.05, 0.1) is 27.8 Å². The van der Waals surface area contributed by atoms with Gasteiger partial charge in [0.25, 0.3) is 0 Å². The normalized spacial score (nSPS) is 15.3. The van der Waals surface area contributed by atoms with Crippen molar-refractivity contribution in [3.05, 3.63) is 358 Å². The topological polar surface area (TPSA) is 150 Å². The molecule has 0 saturated heterocycles. The summed E-state index contributed by atoms with van der Waals surface area (Å²) in [6.45, 7) is 25.0. The average Bonchev–Trinajstić information content (AvgIpc) is 1.56. The van der Waals surface area contributed by atoms with Crippen molar-refractivity contribution in [1.29, 1.82) is 0 Å². The zero-order chi connectivity index (χ0) is 112. The van der Waals surface area contributed by atoms with Gasteiger partial charge in [-0.25, -0.2) is 47.8 Å². The molecule has 2 saturated carbocycles. The van der Waals surface area contributed by atoms with E-state index in [1.54, 1.807) is 13.0 Å². The number of hydrogen-bond acceptors (Lipinski definition) is 10. The summed E-state index contributed by atoms with van der Waals surface area (Å²) in [5.74, 6) is -2.86. The summed E-state index contributed by atoms with van der Waals surface area (Å²) in [5.41, 5.74) is 32.3. The molecule has 150 heavy (non-hydrogen) atoms. The van der Waals surface area contributed by atoms with Crippen LogP contribution in [0.25, 0.3) is 220 Å². The van der Waals surface area contributed by atoms with Gasteiger partial charge in [0.2, 0.25) is 57.0 Å². The first-order valence-corrected chi connectivity index (χ1v) is 52.5. The molecule has 0 N–H and O–H groups in total. The van der Waals surface area contributed by atoms with Crippen LogP contribution in [0.15, 0.2) is 296 Å². The highest BCUT2D eigenvalue weighted by Crippen LogP contribution is 2.51. The first kappa shape index (κ1) is 86.0. The molecule has 25 aromatic rings. The lowest BCUT2D eigenvalue weighted by molar-refractivity contribution is -0.660. The van der Waals surface area contributed by atoms with Gasteiger partial charge in [-0.15, -0.1) is 0 Å². The van der Waals surface area contributed by atoms with Crippen LogP contribution >= 0.6 is 0 Å². The number of furan rings is 5. The fraction of sp³-hybridized carbons (Fsp3) is 0.259. The monoisotopic (exact) mass is 1980 g/mol. The zero-order valence-corrected chi connectivity index (χ0v) is 88.9. The van der Waals surface area contributed by atoms with Crippen molar-refractivity contribution in [1.82, 2.24) is 24.9 Å². The van der Waals surface area contributed by atoms with Gasteiger partial charge in [0, 0.05) is 184 Å². The Morgan fingerprint density at radius 1 is 0.300 bits per heavy atom. The molecule has 0 bridgehead atoms. The van der Waals surface area contributed by atoms with E-state index in [9.17, 15) is 1.37 Å². The predicted molar refractivity (Wildman–Crippen MR) is 615 cm³/mol. The molecule has 746 valence electrons. The quantitative estimate of drug-likeness (QED) is 0.115. The van der Waals surface area contributed by atoms with Crippen LogP contribution in [0.5, 0.6) is 0 Å². The minimum absolute atomic E-state index is 0.136. The third kappa shape index (κ3) is 17.3. The first-order chi connectivity index (χ1) is 76.4. The maximum Gasteiger partial charge on any atom is 0.227 e. The number of pyridine rings is 10. The Labute approximate surface area is 889 Å². The van der Waals surface area contributed by atoms with Gasteiger partial charge in [-0.1, -0.05) is 188 Å². The molecule has 2 aliphatic rings. The fourth-order valence-electron chi connectivity index (χ4n) is 23.5. The molecule has 15 nitrogen and oxygen atoms in total. The molecule has 0 aliphatic heterocycles. The largest absolute Gasteiger partial charge is 0.437 e. The summed E-state index contributed by atoms with van der Waals surface area (Å²) in [6, 6.07) is 82.2. The second-order valence-electron chi connectivity index (χ2n) is 41.5. The molecule has 1 unspecified atom stereocenters. The van der Waals surface area contributed by atoms with E-state index in [0.717, 1.165) is 278 Å². The molecular formula is C135H131N10O5+5. The van der Waals surface area contributed by atoms with Crippen molar-refractivity contribution in [2.24, 2.45) is 41.2 Å². The van der Waals surface area contributed by atoms with Gasteiger partial charge < -0.3 is 22.1 Å². The molecule has 2 fully saturated rings. The van der Waals surface area contributed by atoms with Gasteiger partial charge in [-0.05, 0) is 274 Å². The second-order valence-corrected chi connectivity index (χ2v) is 41.5. The third-order valence-electron chi connectivity index (χ3n) is 31.2. The number of aromatic nitrogens is 10. The highest BCUT2D eigenvalue weighted by molar-refractivity contribution is 6.27. The Kier molecular flexibility index (Phi) is 22.7. The van der Waals surface area contributed by atoms with Crippen LogP contribution < -0.4 is 22.8 Å². The van der Waals surface area contributed by atoms with Crippen LogP contribution in [0.2, 0.25) is 0 Å². The minimum Gasteiger partial charge on any atom is -0.437 e. The van der Waals surface area contributed by atoms with Crippen LogP contribution in [0.1, 0.15) is 208 Å². The molecule has 10 aromatic carbocycles. The minimum atomic E-state index is -2.46. The van der Waals surface area contributed by atoms with E-state index in [1.807, 2.05) is 188 Å². The number of nitrogens with zero attached hydrogens (tertiary/aromatic N) is 10. The van der Waals surface area contributed by atoms with Crippen molar-refractivity contribution in [3.63, 3.8) is 0 Å². The molecule has 15 heteroatoms. The van der Waals surface area contributed by atoms with Gasteiger partial charge in [-0.3, -0.25) is 0 Å². The molecular weight excluding hydrogens is 1840 g/mol. The number of aryl methyl sites for hydroxylation is 16. The van der Waals surface area contributed by atoms with Crippen LogP contribution in [0, 0.1) is 75.2 Å². The van der Waals surface area contributed by atoms with E-state index >= 15 is 0 Å². The fourth-order valence-corrected chi connectivity index (χ4v) is 23.5. The maximum atomic E-state index is 9.23. The zero-order valence-electron chi connectivity index (χ0n) is 98.9. The van der Waals surface area contributed by atoms with Crippen molar-refractivity contribution < 1.29 is 58.6 Å².